The predicted octanol–water partition coefficient (Wildman–Crippen LogP) is 1.05. The topological polar surface area (TPSA) is 123 Å². The highest BCUT2D eigenvalue weighted by Crippen LogP contribution is 2.24. The van der Waals surface area contributed by atoms with E-state index in [1.807, 2.05) is 13.8 Å². The molecule has 0 saturated carbocycles. The first-order valence-electron chi connectivity index (χ1n) is 6.14. The number of nitro benzene ring substituents is 1. The van der Waals surface area contributed by atoms with Crippen molar-refractivity contribution in [1.82, 2.24) is 0 Å². The van der Waals surface area contributed by atoms with Crippen LogP contribution < -0.4 is 16.4 Å². The van der Waals surface area contributed by atoms with Gasteiger partial charge in [-0.3, -0.25) is 10.1 Å². The molecule has 1 aromatic rings. The molecule has 0 spiro atoms. The van der Waals surface area contributed by atoms with Gasteiger partial charge in [-0.2, -0.15) is 5.10 Å². The molecule has 0 heterocycles. The molecule has 0 unspecified atom stereocenters. The lowest BCUT2D eigenvalue weighted by molar-refractivity contribution is -0.384. The molecule has 20 heavy (non-hydrogen) atoms. The van der Waals surface area contributed by atoms with E-state index in [0.717, 1.165) is 18.8 Å². The molecule has 108 valence electrons. The van der Waals surface area contributed by atoms with E-state index < -0.39 is 4.92 Å². The minimum atomic E-state index is -0.454. The minimum Gasteiger partial charge on any atom is -0.372 e. The van der Waals surface area contributed by atoms with E-state index in [-0.39, 0.29) is 11.6 Å². The highest BCUT2D eigenvalue weighted by Gasteiger charge is 2.12. The van der Waals surface area contributed by atoms with Crippen molar-refractivity contribution in [3.8, 4) is 0 Å². The molecule has 0 aliphatic rings. The van der Waals surface area contributed by atoms with Crippen LogP contribution in [0, 0.1) is 10.1 Å². The van der Waals surface area contributed by atoms with Crippen LogP contribution in [0.15, 0.2) is 28.4 Å². The SMILES string of the molecule is CCN(CC)c1ccc([N+](=O)[O-])cc1/C=N/N=C(N)N. The van der Waals surface area contributed by atoms with Crippen LogP contribution in [0.5, 0.6) is 0 Å². The second-order valence-corrected chi connectivity index (χ2v) is 3.94. The summed E-state index contributed by atoms with van der Waals surface area (Å²) in [4.78, 5) is 12.4. The van der Waals surface area contributed by atoms with Crippen LogP contribution in [0.25, 0.3) is 0 Å². The summed E-state index contributed by atoms with van der Waals surface area (Å²) in [6.45, 7) is 5.55. The summed E-state index contributed by atoms with van der Waals surface area (Å²) in [5, 5.41) is 18.1. The lowest BCUT2D eigenvalue weighted by Gasteiger charge is -2.22. The van der Waals surface area contributed by atoms with Gasteiger partial charge in [0.05, 0.1) is 11.1 Å². The molecule has 0 amide bonds. The number of hydrogen-bond acceptors (Lipinski definition) is 5. The van der Waals surface area contributed by atoms with Crippen LogP contribution in [0.2, 0.25) is 0 Å². The summed E-state index contributed by atoms with van der Waals surface area (Å²) in [7, 11) is 0. The van der Waals surface area contributed by atoms with Gasteiger partial charge in [0.2, 0.25) is 5.96 Å². The number of nitrogens with zero attached hydrogens (tertiary/aromatic N) is 4. The van der Waals surface area contributed by atoms with Gasteiger partial charge in [-0.25, -0.2) is 0 Å². The number of anilines is 1. The van der Waals surface area contributed by atoms with Gasteiger partial charge in [0, 0.05) is 36.5 Å². The van der Waals surface area contributed by atoms with Crippen molar-refractivity contribution in [3.05, 3.63) is 33.9 Å². The van der Waals surface area contributed by atoms with Gasteiger partial charge in [-0.1, -0.05) is 0 Å². The van der Waals surface area contributed by atoms with Gasteiger partial charge < -0.3 is 16.4 Å². The van der Waals surface area contributed by atoms with E-state index in [4.69, 9.17) is 11.5 Å². The smallest absolute Gasteiger partial charge is 0.270 e. The first-order chi connectivity index (χ1) is 9.49. The first-order valence-corrected chi connectivity index (χ1v) is 6.14. The van der Waals surface area contributed by atoms with Gasteiger partial charge in [0.15, 0.2) is 0 Å². The Kier molecular flexibility index (Phi) is 5.45. The Morgan fingerprint density at radius 1 is 1.40 bits per heavy atom. The highest BCUT2D eigenvalue weighted by molar-refractivity contribution is 5.89. The van der Waals surface area contributed by atoms with Gasteiger partial charge in [-0.15, -0.1) is 5.10 Å². The number of rotatable bonds is 6. The fourth-order valence-corrected chi connectivity index (χ4v) is 1.77. The monoisotopic (exact) mass is 278 g/mol. The van der Waals surface area contributed by atoms with Crippen molar-refractivity contribution < 1.29 is 4.92 Å². The molecule has 8 nitrogen and oxygen atoms in total. The van der Waals surface area contributed by atoms with E-state index >= 15 is 0 Å². The van der Waals surface area contributed by atoms with Crippen molar-refractivity contribution in [2.45, 2.75) is 13.8 Å². The first kappa shape index (κ1) is 15.4. The van der Waals surface area contributed by atoms with Crippen molar-refractivity contribution in [1.29, 1.82) is 0 Å². The van der Waals surface area contributed by atoms with Crippen molar-refractivity contribution in [2.24, 2.45) is 21.7 Å². The van der Waals surface area contributed by atoms with Gasteiger partial charge in [-0.05, 0) is 19.9 Å². The zero-order chi connectivity index (χ0) is 15.1. The van der Waals surface area contributed by atoms with Crippen molar-refractivity contribution in [2.75, 3.05) is 18.0 Å². The molecule has 0 saturated heterocycles. The number of benzene rings is 1. The summed E-state index contributed by atoms with van der Waals surface area (Å²) in [6, 6.07) is 4.60. The molecule has 0 atom stereocenters. The van der Waals surface area contributed by atoms with Crippen LogP contribution in [0.4, 0.5) is 11.4 Å². The number of non-ortho nitro benzene ring substituents is 1. The van der Waals surface area contributed by atoms with Crippen molar-refractivity contribution in [3.63, 3.8) is 0 Å². The van der Waals surface area contributed by atoms with Crippen LogP contribution in [0.1, 0.15) is 19.4 Å². The third-order valence-electron chi connectivity index (χ3n) is 2.70. The van der Waals surface area contributed by atoms with Crippen LogP contribution in [-0.2, 0) is 0 Å². The Hall–Kier alpha value is -2.64. The fourth-order valence-electron chi connectivity index (χ4n) is 1.77. The average molecular weight is 278 g/mol. The summed E-state index contributed by atoms with van der Waals surface area (Å²) in [6.07, 6.45) is 1.40. The fraction of sp³-hybridized carbons (Fsp3) is 0.333. The highest BCUT2D eigenvalue weighted by atomic mass is 16.6. The number of hydrogen-bond donors (Lipinski definition) is 2. The molecule has 8 heteroatoms. The molecular weight excluding hydrogens is 260 g/mol. The number of nitrogens with two attached hydrogens (primary N) is 2. The molecular formula is C12H18N6O2. The maximum Gasteiger partial charge on any atom is 0.270 e. The third-order valence-corrected chi connectivity index (χ3v) is 2.70. The Balaban J connectivity index is 3.26. The minimum absolute atomic E-state index is 0.00736. The average Bonchev–Trinajstić information content (AvgIpc) is 2.40. The summed E-state index contributed by atoms with van der Waals surface area (Å²) in [5.74, 6) is -0.170. The largest absolute Gasteiger partial charge is 0.372 e. The van der Waals surface area contributed by atoms with Gasteiger partial charge in [0.1, 0.15) is 0 Å². The maximum absolute atomic E-state index is 10.8. The molecule has 1 aromatic carbocycles. The van der Waals surface area contributed by atoms with Crippen molar-refractivity contribution >= 4 is 23.5 Å². The van der Waals surface area contributed by atoms with Gasteiger partial charge in [0.25, 0.3) is 5.69 Å². The second-order valence-electron chi connectivity index (χ2n) is 3.94. The van der Waals surface area contributed by atoms with Crippen LogP contribution in [-0.4, -0.2) is 30.2 Å². The maximum atomic E-state index is 10.8. The predicted molar refractivity (Wildman–Crippen MR) is 80.1 cm³/mol. The van der Waals surface area contributed by atoms with E-state index in [1.165, 1.54) is 18.3 Å². The summed E-state index contributed by atoms with van der Waals surface area (Å²) >= 11 is 0. The lowest BCUT2D eigenvalue weighted by atomic mass is 10.1. The van der Waals surface area contributed by atoms with E-state index in [1.54, 1.807) is 6.07 Å². The Bertz CT molecular complexity index is 533. The summed E-state index contributed by atoms with van der Waals surface area (Å²) < 4.78 is 0. The normalized spacial score (nSPS) is 10.5. The molecule has 1 rings (SSSR count). The molecule has 4 N–H and O–H groups in total. The number of guanidine groups is 1. The van der Waals surface area contributed by atoms with E-state index in [9.17, 15) is 10.1 Å². The third kappa shape index (κ3) is 3.94. The lowest BCUT2D eigenvalue weighted by Crippen LogP contribution is -2.23. The van der Waals surface area contributed by atoms with Crippen LogP contribution in [0.3, 0.4) is 0 Å². The standard InChI is InChI=1S/C12H18N6O2/c1-3-17(4-2)11-6-5-10(18(19)20)7-9(11)8-15-16-12(13)14/h5-8H,3-4H2,1-2H3,(H4,13,14,16)/b15-8+. The summed E-state index contributed by atoms with van der Waals surface area (Å²) in [5.41, 5.74) is 11.8. The van der Waals surface area contributed by atoms with E-state index in [0.29, 0.717) is 5.56 Å². The van der Waals surface area contributed by atoms with E-state index in [2.05, 4.69) is 15.1 Å². The molecule has 0 fully saturated rings. The molecule has 0 aliphatic heterocycles. The second kappa shape index (κ2) is 7.07. The van der Waals surface area contributed by atoms with Gasteiger partial charge >= 0.3 is 0 Å². The zero-order valence-corrected chi connectivity index (χ0v) is 11.5. The molecule has 0 aromatic heterocycles. The Labute approximate surface area is 116 Å². The molecule has 0 aliphatic carbocycles. The quantitative estimate of drug-likeness (QED) is 0.348. The molecule has 0 radical (unpaired) electrons. The van der Waals surface area contributed by atoms with Crippen LogP contribution >= 0.6 is 0 Å². The Morgan fingerprint density at radius 2 is 2.05 bits per heavy atom. The molecule has 0 bridgehead atoms. The Morgan fingerprint density at radius 3 is 2.55 bits per heavy atom. The zero-order valence-electron chi connectivity index (χ0n) is 11.5. The number of nitro groups is 1.